The minimum Gasteiger partial charge on any atom is -0.460 e. The van der Waals surface area contributed by atoms with E-state index in [-0.39, 0.29) is 17.6 Å². The second kappa shape index (κ2) is 6.72. The molecule has 2 aliphatic heterocycles. The molecule has 1 amide bonds. The van der Waals surface area contributed by atoms with Gasteiger partial charge < -0.3 is 14.4 Å². The van der Waals surface area contributed by atoms with Crippen molar-refractivity contribution in [3.63, 3.8) is 0 Å². The molecule has 0 aromatic carbocycles. The molecule has 0 saturated carbocycles. The number of thiophene rings is 1. The topological polar surface area (TPSA) is 64.6 Å². The van der Waals surface area contributed by atoms with Crippen LogP contribution in [-0.2, 0) is 16.0 Å². The maximum absolute atomic E-state index is 12.4. The molecule has 2 aromatic heterocycles. The highest BCUT2D eigenvalue weighted by Crippen LogP contribution is 2.35. The van der Waals surface area contributed by atoms with Crippen molar-refractivity contribution in [2.75, 3.05) is 19.7 Å². The van der Waals surface area contributed by atoms with Gasteiger partial charge in [0.25, 0.3) is 0 Å². The highest BCUT2D eigenvalue weighted by molar-refractivity contribution is 7.08. The van der Waals surface area contributed by atoms with Crippen molar-refractivity contribution in [2.45, 2.75) is 37.9 Å². The first kappa shape index (κ1) is 16.5. The molecule has 6 nitrogen and oxygen atoms in total. The van der Waals surface area contributed by atoms with Crippen LogP contribution in [-0.4, -0.2) is 52.2 Å². The van der Waals surface area contributed by atoms with Crippen LogP contribution < -0.4 is 4.74 Å². The van der Waals surface area contributed by atoms with E-state index in [9.17, 15) is 4.79 Å². The summed E-state index contributed by atoms with van der Waals surface area (Å²) in [4.78, 5) is 22.7. The largest absolute Gasteiger partial charge is 0.460 e. The lowest BCUT2D eigenvalue weighted by molar-refractivity contribution is -0.193. The van der Waals surface area contributed by atoms with Crippen LogP contribution in [0, 0.1) is 6.92 Å². The van der Waals surface area contributed by atoms with Crippen molar-refractivity contribution < 1.29 is 14.3 Å². The van der Waals surface area contributed by atoms with Crippen LogP contribution in [0.5, 0.6) is 6.01 Å². The third kappa shape index (κ3) is 3.67. The Labute approximate surface area is 150 Å². The summed E-state index contributed by atoms with van der Waals surface area (Å²) in [6, 6.07) is 4.27. The predicted octanol–water partition coefficient (Wildman–Crippen LogP) is 2.23. The number of carbonyl (C=O) groups excluding carboxylic acids is 1. The lowest BCUT2D eigenvalue weighted by Crippen LogP contribution is -2.67. The van der Waals surface area contributed by atoms with Crippen molar-refractivity contribution in [1.82, 2.24) is 14.9 Å². The van der Waals surface area contributed by atoms with E-state index in [0.717, 1.165) is 24.1 Å². The molecule has 7 heteroatoms. The molecule has 0 radical (unpaired) electrons. The Morgan fingerprint density at radius 1 is 1.48 bits per heavy atom. The van der Waals surface area contributed by atoms with Gasteiger partial charge in [-0.15, -0.1) is 0 Å². The summed E-state index contributed by atoms with van der Waals surface area (Å²) in [5.41, 5.74) is 1.70. The van der Waals surface area contributed by atoms with Crippen LogP contribution in [0.4, 0.5) is 0 Å². The van der Waals surface area contributed by atoms with E-state index in [2.05, 4.69) is 9.97 Å². The van der Waals surface area contributed by atoms with E-state index in [1.54, 1.807) is 17.5 Å². The molecule has 1 atom stereocenters. The van der Waals surface area contributed by atoms with Gasteiger partial charge in [-0.2, -0.15) is 11.3 Å². The summed E-state index contributed by atoms with van der Waals surface area (Å²) in [6.45, 7) is 3.85. The normalized spacial score (nSPS) is 21.8. The first-order valence-corrected chi connectivity index (χ1v) is 9.45. The van der Waals surface area contributed by atoms with Gasteiger partial charge in [-0.3, -0.25) is 4.79 Å². The van der Waals surface area contributed by atoms with E-state index in [1.807, 2.05) is 34.7 Å². The van der Waals surface area contributed by atoms with E-state index >= 15 is 0 Å². The molecule has 0 aliphatic carbocycles. The number of likely N-dealkylation sites (tertiary alicyclic amines) is 1. The lowest BCUT2D eigenvalue weighted by Gasteiger charge is -2.52. The number of aryl methyl sites for hydroxylation is 1. The maximum atomic E-state index is 12.4. The summed E-state index contributed by atoms with van der Waals surface area (Å²) < 4.78 is 11.9. The van der Waals surface area contributed by atoms with Crippen LogP contribution in [0.2, 0.25) is 0 Å². The van der Waals surface area contributed by atoms with E-state index in [0.29, 0.717) is 32.1 Å². The van der Waals surface area contributed by atoms with Gasteiger partial charge in [0.05, 0.1) is 26.1 Å². The van der Waals surface area contributed by atoms with Gasteiger partial charge in [0.15, 0.2) is 0 Å². The van der Waals surface area contributed by atoms with Crippen molar-refractivity contribution in [3.8, 4) is 6.01 Å². The molecule has 0 N–H and O–H groups in total. The van der Waals surface area contributed by atoms with Crippen LogP contribution in [0.1, 0.15) is 24.1 Å². The van der Waals surface area contributed by atoms with Gasteiger partial charge in [-0.05, 0) is 35.4 Å². The number of hydrogen-bond donors (Lipinski definition) is 0. The first-order chi connectivity index (χ1) is 12.1. The van der Waals surface area contributed by atoms with Gasteiger partial charge in [0.2, 0.25) is 5.91 Å². The molecule has 2 aliphatic rings. The molecule has 2 fully saturated rings. The number of carbonyl (C=O) groups is 1. The van der Waals surface area contributed by atoms with Crippen molar-refractivity contribution in [1.29, 1.82) is 0 Å². The summed E-state index contributed by atoms with van der Waals surface area (Å²) in [6.07, 6.45) is 3.80. The van der Waals surface area contributed by atoms with Crippen molar-refractivity contribution in [2.24, 2.45) is 0 Å². The smallest absolute Gasteiger partial charge is 0.316 e. The minimum atomic E-state index is -0.267. The maximum Gasteiger partial charge on any atom is 0.316 e. The summed E-state index contributed by atoms with van der Waals surface area (Å²) in [5, 5.41) is 4.02. The van der Waals surface area contributed by atoms with Crippen molar-refractivity contribution in [3.05, 3.63) is 40.3 Å². The average Bonchev–Trinajstić information content (AvgIpc) is 3.05. The van der Waals surface area contributed by atoms with E-state index < -0.39 is 0 Å². The fourth-order valence-corrected chi connectivity index (χ4v) is 4.11. The molecule has 4 rings (SSSR count). The summed E-state index contributed by atoms with van der Waals surface area (Å²) >= 11 is 1.62. The number of amides is 1. The Morgan fingerprint density at radius 3 is 3.12 bits per heavy atom. The Hall–Kier alpha value is -1.99. The molecule has 132 valence electrons. The van der Waals surface area contributed by atoms with E-state index in [1.165, 1.54) is 0 Å². The standard InChI is InChI=1S/C18H21N3O3S/c1-13-2-5-19-17(20-13)24-15-3-6-23-18(9-15)11-21(12-18)16(22)8-14-4-7-25-10-14/h2,4-5,7,10,15H,3,6,8-9,11-12H2,1H3/t15-/m0/s1. The molecule has 2 aromatic rings. The van der Waals surface area contributed by atoms with Crippen LogP contribution >= 0.6 is 11.3 Å². The lowest BCUT2D eigenvalue weighted by atomic mass is 9.84. The van der Waals surface area contributed by atoms with Gasteiger partial charge in [0, 0.05) is 24.7 Å². The molecule has 2 saturated heterocycles. The fourth-order valence-electron chi connectivity index (χ4n) is 3.44. The molecule has 4 heterocycles. The Kier molecular flexibility index (Phi) is 4.43. The molecule has 0 unspecified atom stereocenters. The Balaban J connectivity index is 1.32. The average molecular weight is 359 g/mol. The monoisotopic (exact) mass is 359 g/mol. The summed E-state index contributed by atoms with van der Waals surface area (Å²) in [7, 11) is 0. The third-order valence-corrected chi connectivity index (χ3v) is 5.47. The second-order valence-corrected chi connectivity index (χ2v) is 7.58. The van der Waals surface area contributed by atoms with Gasteiger partial charge in [0.1, 0.15) is 11.7 Å². The summed E-state index contributed by atoms with van der Waals surface area (Å²) in [5.74, 6) is 0.165. The fraction of sp³-hybridized carbons (Fsp3) is 0.500. The zero-order valence-corrected chi connectivity index (χ0v) is 15.0. The zero-order chi connectivity index (χ0) is 17.3. The third-order valence-electron chi connectivity index (χ3n) is 4.74. The SMILES string of the molecule is Cc1ccnc(O[C@H]2CCOC3(C2)CN(C(=O)Cc2ccsc2)C3)n1. The molecule has 25 heavy (non-hydrogen) atoms. The number of ether oxygens (including phenoxy) is 2. The Bertz CT molecular complexity index is 744. The van der Waals surface area contributed by atoms with E-state index in [4.69, 9.17) is 9.47 Å². The Morgan fingerprint density at radius 2 is 2.36 bits per heavy atom. The van der Waals surface area contributed by atoms with Gasteiger partial charge in [-0.25, -0.2) is 9.97 Å². The highest BCUT2D eigenvalue weighted by atomic mass is 32.1. The molecule has 1 spiro atoms. The van der Waals surface area contributed by atoms with Gasteiger partial charge >= 0.3 is 6.01 Å². The number of nitrogens with zero attached hydrogens (tertiary/aromatic N) is 3. The number of aromatic nitrogens is 2. The van der Waals surface area contributed by atoms with Gasteiger partial charge in [-0.1, -0.05) is 0 Å². The zero-order valence-electron chi connectivity index (χ0n) is 14.2. The molecular formula is C18H21N3O3S. The number of hydrogen-bond acceptors (Lipinski definition) is 6. The highest BCUT2D eigenvalue weighted by Gasteiger charge is 2.49. The molecule has 0 bridgehead atoms. The predicted molar refractivity (Wildman–Crippen MR) is 93.7 cm³/mol. The van der Waals surface area contributed by atoms with Crippen molar-refractivity contribution >= 4 is 17.2 Å². The van der Waals surface area contributed by atoms with Crippen LogP contribution in [0.15, 0.2) is 29.1 Å². The minimum absolute atomic E-state index is 0.0321. The second-order valence-electron chi connectivity index (χ2n) is 6.80. The first-order valence-electron chi connectivity index (χ1n) is 8.51. The quantitative estimate of drug-likeness (QED) is 0.838. The number of rotatable bonds is 4. The molecular weight excluding hydrogens is 338 g/mol. The van der Waals surface area contributed by atoms with Crippen LogP contribution in [0.25, 0.3) is 0 Å². The van der Waals surface area contributed by atoms with Crippen LogP contribution in [0.3, 0.4) is 0 Å².